The largest absolute Gasteiger partial charge is 0.398 e. The number of aromatic nitrogens is 2. The van der Waals surface area contributed by atoms with E-state index < -0.39 is 0 Å². The van der Waals surface area contributed by atoms with Gasteiger partial charge in [-0.3, -0.25) is 4.68 Å². The summed E-state index contributed by atoms with van der Waals surface area (Å²) in [5.41, 5.74) is 10.2. The molecule has 0 spiro atoms. The zero-order valence-electron chi connectivity index (χ0n) is 12.3. The van der Waals surface area contributed by atoms with Crippen molar-refractivity contribution >= 4 is 21.6 Å². The third-order valence-electron chi connectivity index (χ3n) is 4.28. The van der Waals surface area contributed by atoms with Gasteiger partial charge in [-0.25, -0.2) is 0 Å². The molecule has 3 rings (SSSR count). The summed E-state index contributed by atoms with van der Waals surface area (Å²) in [6, 6.07) is 6.11. The lowest BCUT2D eigenvalue weighted by atomic mass is 9.82. The molecule has 2 N–H and O–H groups in total. The van der Waals surface area contributed by atoms with Crippen molar-refractivity contribution in [3.05, 3.63) is 34.4 Å². The molecular weight excluding hydrogens is 330 g/mol. The molecule has 5 heteroatoms. The highest BCUT2D eigenvalue weighted by Crippen LogP contribution is 2.34. The van der Waals surface area contributed by atoms with Crippen LogP contribution in [-0.2, 0) is 11.3 Å². The summed E-state index contributed by atoms with van der Waals surface area (Å²) >= 11 is 3.58. The fourth-order valence-corrected chi connectivity index (χ4v) is 3.24. The van der Waals surface area contributed by atoms with Crippen LogP contribution in [-0.4, -0.2) is 23.0 Å². The zero-order valence-corrected chi connectivity index (χ0v) is 13.9. The van der Waals surface area contributed by atoms with E-state index in [1.54, 1.807) is 7.11 Å². The van der Waals surface area contributed by atoms with E-state index in [2.05, 4.69) is 31.8 Å². The van der Waals surface area contributed by atoms with Crippen molar-refractivity contribution in [2.45, 2.75) is 32.4 Å². The maximum absolute atomic E-state index is 6.19. The van der Waals surface area contributed by atoms with Crippen molar-refractivity contribution in [3.63, 3.8) is 0 Å². The number of rotatable bonds is 4. The van der Waals surface area contributed by atoms with Gasteiger partial charge in [0.1, 0.15) is 0 Å². The molecule has 1 heterocycles. The molecule has 1 aliphatic rings. The van der Waals surface area contributed by atoms with Crippen LogP contribution in [0.4, 0.5) is 5.69 Å². The molecule has 0 atom stereocenters. The Kier molecular flexibility index (Phi) is 4.04. The van der Waals surface area contributed by atoms with E-state index >= 15 is 0 Å². The molecule has 1 fully saturated rings. The van der Waals surface area contributed by atoms with Crippen LogP contribution >= 0.6 is 15.9 Å². The molecule has 0 amide bonds. The van der Waals surface area contributed by atoms with Crippen molar-refractivity contribution < 1.29 is 4.74 Å². The normalized spacial score (nSPS) is 21.3. The predicted octanol–water partition coefficient (Wildman–Crippen LogP) is 3.63. The van der Waals surface area contributed by atoms with Crippen LogP contribution < -0.4 is 5.73 Å². The summed E-state index contributed by atoms with van der Waals surface area (Å²) in [6.45, 7) is 2.97. The Morgan fingerprint density at radius 3 is 2.90 bits per heavy atom. The van der Waals surface area contributed by atoms with E-state index in [1.807, 2.05) is 25.3 Å². The van der Waals surface area contributed by atoms with E-state index in [9.17, 15) is 0 Å². The number of nitrogens with two attached hydrogens (primary N) is 1. The Labute approximate surface area is 133 Å². The van der Waals surface area contributed by atoms with E-state index in [0.29, 0.717) is 12.0 Å². The lowest BCUT2D eigenvalue weighted by molar-refractivity contribution is -0.00530. The maximum atomic E-state index is 6.19. The zero-order chi connectivity index (χ0) is 15.0. The number of halogens is 1. The highest BCUT2D eigenvalue weighted by Gasteiger charge is 2.29. The van der Waals surface area contributed by atoms with Gasteiger partial charge < -0.3 is 10.5 Å². The van der Waals surface area contributed by atoms with E-state index in [-0.39, 0.29) is 0 Å². The quantitative estimate of drug-likeness (QED) is 0.857. The average molecular weight is 350 g/mol. The van der Waals surface area contributed by atoms with Gasteiger partial charge >= 0.3 is 0 Å². The van der Waals surface area contributed by atoms with Gasteiger partial charge in [-0.2, -0.15) is 5.10 Å². The first-order valence-corrected chi connectivity index (χ1v) is 7.98. The second-order valence-corrected chi connectivity index (χ2v) is 6.64. The molecule has 4 nitrogen and oxygen atoms in total. The number of ether oxygens (including phenoxy) is 1. The molecule has 112 valence electrons. The van der Waals surface area contributed by atoms with Crippen LogP contribution in [0.3, 0.4) is 0 Å². The smallest absolute Gasteiger partial charge is 0.0703 e. The first-order valence-electron chi connectivity index (χ1n) is 7.19. The first-order chi connectivity index (χ1) is 10.1. The van der Waals surface area contributed by atoms with Gasteiger partial charge in [-0.1, -0.05) is 15.9 Å². The number of hydrogen-bond acceptors (Lipinski definition) is 3. The van der Waals surface area contributed by atoms with Crippen LogP contribution in [0.25, 0.3) is 11.3 Å². The Balaban J connectivity index is 1.84. The Bertz CT molecular complexity index is 647. The van der Waals surface area contributed by atoms with Gasteiger partial charge in [-0.15, -0.1) is 0 Å². The van der Waals surface area contributed by atoms with Crippen molar-refractivity contribution in [2.24, 2.45) is 5.92 Å². The molecule has 0 bridgehead atoms. The van der Waals surface area contributed by atoms with Gasteiger partial charge in [0.2, 0.25) is 0 Å². The summed E-state index contributed by atoms with van der Waals surface area (Å²) in [7, 11) is 1.78. The number of hydrogen-bond donors (Lipinski definition) is 1. The van der Waals surface area contributed by atoms with E-state index in [1.165, 1.54) is 0 Å². The summed E-state index contributed by atoms with van der Waals surface area (Å²) in [6.07, 6.45) is 4.49. The number of nitrogen functional groups attached to an aromatic ring is 1. The molecule has 0 radical (unpaired) electrons. The Hall–Kier alpha value is -1.33. The monoisotopic (exact) mass is 349 g/mol. The molecule has 1 aromatic carbocycles. The topological polar surface area (TPSA) is 53.1 Å². The summed E-state index contributed by atoms with van der Waals surface area (Å²) in [5, 5.41) is 4.46. The molecule has 1 aliphatic carbocycles. The summed E-state index contributed by atoms with van der Waals surface area (Å²) < 4.78 is 8.47. The third-order valence-corrected chi connectivity index (χ3v) is 5.13. The second-order valence-electron chi connectivity index (χ2n) is 5.78. The Morgan fingerprint density at radius 1 is 1.43 bits per heavy atom. The molecule has 1 saturated carbocycles. The van der Waals surface area contributed by atoms with Crippen molar-refractivity contribution in [1.29, 1.82) is 0 Å². The molecule has 0 aliphatic heterocycles. The van der Waals surface area contributed by atoms with Gasteiger partial charge in [0.05, 0.1) is 11.8 Å². The highest BCUT2D eigenvalue weighted by atomic mass is 79.9. The lowest BCUT2D eigenvalue weighted by Gasteiger charge is -2.34. The summed E-state index contributed by atoms with van der Waals surface area (Å²) in [5.74, 6) is 0.642. The maximum Gasteiger partial charge on any atom is 0.0703 e. The lowest BCUT2D eigenvalue weighted by Crippen LogP contribution is -2.33. The van der Waals surface area contributed by atoms with Crippen LogP contribution in [0.5, 0.6) is 0 Å². The van der Waals surface area contributed by atoms with Crippen LogP contribution in [0, 0.1) is 12.8 Å². The molecular formula is C16H20BrN3O. The van der Waals surface area contributed by atoms with Gasteiger partial charge in [-0.05, 0) is 49.4 Å². The number of aryl methyl sites for hydroxylation is 1. The predicted molar refractivity (Wildman–Crippen MR) is 88.0 cm³/mol. The SMILES string of the molecule is COC1CC(Cn2nccc2-c2cc(Br)c(C)cc2N)C1. The molecule has 0 unspecified atom stereocenters. The minimum Gasteiger partial charge on any atom is -0.398 e. The fraction of sp³-hybridized carbons (Fsp3) is 0.438. The number of anilines is 1. The number of benzene rings is 1. The molecule has 2 aromatic rings. The number of methoxy groups -OCH3 is 1. The van der Waals surface area contributed by atoms with Crippen molar-refractivity contribution in [2.75, 3.05) is 12.8 Å². The fourth-order valence-electron chi connectivity index (χ4n) is 2.89. The standard InChI is InChI=1S/C16H20BrN3O/c1-10-5-15(18)13(8-14(10)17)16-3-4-19-20(16)9-11-6-12(7-11)21-2/h3-5,8,11-12H,6-7,9,18H2,1-2H3. The first kappa shape index (κ1) is 14.6. The van der Waals surface area contributed by atoms with Crippen LogP contribution in [0.1, 0.15) is 18.4 Å². The number of nitrogens with zero attached hydrogens (tertiary/aromatic N) is 2. The average Bonchev–Trinajstić information content (AvgIpc) is 2.85. The van der Waals surface area contributed by atoms with Gasteiger partial charge in [0, 0.05) is 35.6 Å². The minimum absolute atomic E-state index is 0.424. The second kappa shape index (κ2) is 5.81. The highest BCUT2D eigenvalue weighted by molar-refractivity contribution is 9.10. The summed E-state index contributed by atoms with van der Waals surface area (Å²) in [4.78, 5) is 0. The van der Waals surface area contributed by atoms with Gasteiger partial charge in [0.15, 0.2) is 0 Å². The van der Waals surface area contributed by atoms with E-state index in [4.69, 9.17) is 10.5 Å². The van der Waals surface area contributed by atoms with E-state index in [0.717, 1.165) is 46.4 Å². The van der Waals surface area contributed by atoms with Crippen LogP contribution in [0.15, 0.2) is 28.9 Å². The molecule has 0 saturated heterocycles. The van der Waals surface area contributed by atoms with Crippen LogP contribution in [0.2, 0.25) is 0 Å². The minimum atomic E-state index is 0.424. The molecule has 1 aromatic heterocycles. The Morgan fingerprint density at radius 2 is 2.19 bits per heavy atom. The molecule has 21 heavy (non-hydrogen) atoms. The third kappa shape index (κ3) is 2.85. The van der Waals surface area contributed by atoms with Crippen molar-refractivity contribution in [3.8, 4) is 11.3 Å². The van der Waals surface area contributed by atoms with Crippen molar-refractivity contribution in [1.82, 2.24) is 9.78 Å². The van der Waals surface area contributed by atoms with Gasteiger partial charge in [0.25, 0.3) is 0 Å².